The van der Waals surface area contributed by atoms with E-state index in [-0.39, 0.29) is 5.41 Å². The minimum atomic E-state index is 0.0199. The lowest BCUT2D eigenvalue weighted by Crippen LogP contribution is -2.21. The molecule has 0 spiro atoms. The van der Waals surface area contributed by atoms with Gasteiger partial charge in [-0.1, -0.05) is 20.8 Å². The predicted octanol–water partition coefficient (Wildman–Crippen LogP) is 1.41. The van der Waals surface area contributed by atoms with Crippen molar-refractivity contribution >= 4 is 11.5 Å². The summed E-state index contributed by atoms with van der Waals surface area (Å²) in [6, 6.07) is 0. The fourth-order valence-electron chi connectivity index (χ4n) is 1.61. The van der Waals surface area contributed by atoms with Crippen molar-refractivity contribution in [1.29, 1.82) is 0 Å². The Morgan fingerprint density at radius 3 is 2.64 bits per heavy atom. The van der Waals surface area contributed by atoms with Crippen molar-refractivity contribution in [1.82, 2.24) is 9.97 Å². The highest BCUT2D eigenvalue weighted by atomic mass is 15.0. The molecule has 2 heterocycles. The largest absolute Gasteiger partial charge is 0.383 e. The average Bonchev–Trinajstić information content (AvgIpc) is 2.47. The Labute approximate surface area is 83.3 Å². The molecular formula is C10H14N4. The van der Waals surface area contributed by atoms with Crippen molar-refractivity contribution in [2.75, 3.05) is 5.73 Å². The number of fused-ring (bicyclic) bond motifs is 1. The molecule has 0 aliphatic carbocycles. The van der Waals surface area contributed by atoms with Gasteiger partial charge in [-0.25, -0.2) is 9.97 Å². The van der Waals surface area contributed by atoms with Gasteiger partial charge in [-0.3, -0.25) is 4.99 Å². The van der Waals surface area contributed by atoms with E-state index in [2.05, 4.69) is 35.7 Å². The number of rotatable bonds is 0. The lowest BCUT2D eigenvalue weighted by molar-refractivity contribution is 0.590. The van der Waals surface area contributed by atoms with Crippen molar-refractivity contribution in [2.45, 2.75) is 27.3 Å². The number of hydrogen-bond acceptors (Lipinski definition) is 4. The maximum atomic E-state index is 5.75. The Kier molecular flexibility index (Phi) is 1.80. The molecule has 14 heavy (non-hydrogen) atoms. The van der Waals surface area contributed by atoms with Gasteiger partial charge in [-0.2, -0.15) is 0 Å². The molecule has 0 amide bonds. The summed E-state index contributed by atoms with van der Waals surface area (Å²) in [5, 5.41) is 0. The normalized spacial score (nSPS) is 15.2. The summed E-state index contributed by atoms with van der Waals surface area (Å²) in [5.74, 6) is 0.554. The van der Waals surface area contributed by atoms with Gasteiger partial charge in [0.1, 0.15) is 12.1 Å². The Morgan fingerprint density at radius 1 is 1.29 bits per heavy atom. The molecule has 74 valence electrons. The average molecular weight is 190 g/mol. The second-order valence-corrected chi connectivity index (χ2v) is 4.50. The van der Waals surface area contributed by atoms with Crippen LogP contribution in [0.5, 0.6) is 0 Å². The minimum Gasteiger partial charge on any atom is -0.383 e. The van der Waals surface area contributed by atoms with E-state index in [9.17, 15) is 0 Å². The standard InChI is InChI=1S/C10H14N4/c1-10(2,3)8-7-6(4-12-8)9(11)14-5-13-7/h5H,4H2,1-3H3,(H2,11,13,14). The molecule has 0 unspecified atom stereocenters. The fraction of sp³-hybridized carbons (Fsp3) is 0.500. The van der Waals surface area contributed by atoms with E-state index in [4.69, 9.17) is 5.73 Å². The quantitative estimate of drug-likeness (QED) is 0.672. The predicted molar refractivity (Wildman–Crippen MR) is 56.1 cm³/mol. The number of aliphatic imine (C=N–C) groups is 1. The van der Waals surface area contributed by atoms with Gasteiger partial charge >= 0.3 is 0 Å². The van der Waals surface area contributed by atoms with E-state index in [1.54, 1.807) is 0 Å². The first-order chi connectivity index (χ1) is 6.50. The maximum absolute atomic E-state index is 5.75. The van der Waals surface area contributed by atoms with E-state index in [0.29, 0.717) is 12.4 Å². The van der Waals surface area contributed by atoms with Gasteiger partial charge in [0.15, 0.2) is 0 Å². The molecule has 1 aliphatic heterocycles. The lowest BCUT2D eigenvalue weighted by Gasteiger charge is -2.18. The highest BCUT2D eigenvalue weighted by molar-refractivity contribution is 6.06. The van der Waals surface area contributed by atoms with Crippen molar-refractivity contribution in [3.05, 3.63) is 17.6 Å². The van der Waals surface area contributed by atoms with Crippen LogP contribution in [0.2, 0.25) is 0 Å². The molecule has 1 aliphatic rings. The summed E-state index contributed by atoms with van der Waals surface area (Å²) in [6.07, 6.45) is 1.50. The first kappa shape index (κ1) is 9.12. The topological polar surface area (TPSA) is 64.2 Å². The van der Waals surface area contributed by atoms with Gasteiger partial charge in [0.2, 0.25) is 0 Å². The molecule has 0 atom stereocenters. The molecule has 0 saturated heterocycles. The van der Waals surface area contributed by atoms with E-state index >= 15 is 0 Å². The summed E-state index contributed by atoms with van der Waals surface area (Å²) >= 11 is 0. The zero-order valence-electron chi connectivity index (χ0n) is 8.70. The van der Waals surface area contributed by atoms with Crippen molar-refractivity contribution < 1.29 is 0 Å². The summed E-state index contributed by atoms with van der Waals surface area (Å²) in [5.41, 5.74) is 8.69. The van der Waals surface area contributed by atoms with Crippen LogP contribution in [0.1, 0.15) is 32.0 Å². The second kappa shape index (κ2) is 2.77. The Hall–Kier alpha value is -1.45. The molecule has 2 N–H and O–H groups in total. The number of anilines is 1. The molecule has 0 bridgehead atoms. The van der Waals surface area contributed by atoms with E-state index in [1.807, 2.05) is 0 Å². The van der Waals surface area contributed by atoms with Gasteiger partial charge in [-0.05, 0) is 0 Å². The van der Waals surface area contributed by atoms with Crippen LogP contribution in [0.4, 0.5) is 5.82 Å². The Balaban J connectivity index is 2.53. The molecule has 1 aromatic rings. The zero-order valence-corrected chi connectivity index (χ0v) is 8.70. The Morgan fingerprint density at radius 2 is 2.00 bits per heavy atom. The van der Waals surface area contributed by atoms with Crippen LogP contribution < -0.4 is 5.73 Å². The molecule has 1 aromatic heterocycles. The minimum absolute atomic E-state index is 0.0199. The van der Waals surface area contributed by atoms with E-state index in [0.717, 1.165) is 17.0 Å². The SMILES string of the molecule is CC(C)(C)C1=NCc2c(N)ncnc21. The molecule has 0 fully saturated rings. The third kappa shape index (κ3) is 1.27. The van der Waals surface area contributed by atoms with E-state index < -0.39 is 0 Å². The zero-order chi connectivity index (χ0) is 10.3. The third-order valence-electron chi connectivity index (χ3n) is 2.31. The molecule has 4 heteroatoms. The molecular weight excluding hydrogens is 176 g/mol. The molecule has 2 rings (SSSR count). The van der Waals surface area contributed by atoms with Crippen molar-refractivity contribution in [3.63, 3.8) is 0 Å². The number of nitrogens with zero attached hydrogens (tertiary/aromatic N) is 3. The monoisotopic (exact) mass is 190 g/mol. The van der Waals surface area contributed by atoms with Crippen molar-refractivity contribution in [2.24, 2.45) is 10.4 Å². The highest BCUT2D eigenvalue weighted by Crippen LogP contribution is 2.29. The van der Waals surface area contributed by atoms with Gasteiger partial charge in [0.25, 0.3) is 0 Å². The van der Waals surface area contributed by atoms with Crippen LogP contribution in [0.15, 0.2) is 11.3 Å². The molecule has 0 aromatic carbocycles. The lowest BCUT2D eigenvalue weighted by atomic mass is 9.88. The van der Waals surface area contributed by atoms with Crippen LogP contribution in [-0.2, 0) is 6.54 Å². The maximum Gasteiger partial charge on any atom is 0.132 e. The van der Waals surface area contributed by atoms with Crippen LogP contribution in [0.3, 0.4) is 0 Å². The fourth-order valence-corrected chi connectivity index (χ4v) is 1.61. The first-order valence-corrected chi connectivity index (χ1v) is 4.65. The number of nitrogens with two attached hydrogens (primary N) is 1. The number of nitrogen functional groups attached to an aromatic ring is 1. The number of aromatic nitrogens is 2. The molecule has 0 saturated carbocycles. The summed E-state index contributed by atoms with van der Waals surface area (Å²) in [7, 11) is 0. The van der Waals surface area contributed by atoms with Gasteiger partial charge in [0.05, 0.1) is 18.0 Å². The van der Waals surface area contributed by atoms with Crippen LogP contribution in [-0.4, -0.2) is 15.7 Å². The van der Waals surface area contributed by atoms with Gasteiger partial charge < -0.3 is 5.73 Å². The first-order valence-electron chi connectivity index (χ1n) is 4.65. The highest BCUT2D eigenvalue weighted by Gasteiger charge is 2.29. The van der Waals surface area contributed by atoms with Crippen LogP contribution in [0, 0.1) is 5.41 Å². The van der Waals surface area contributed by atoms with Gasteiger partial charge in [-0.15, -0.1) is 0 Å². The van der Waals surface area contributed by atoms with Gasteiger partial charge in [0, 0.05) is 11.0 Å². The summed E-state index contributed by atoms with van der Waals surface area (Å²) in [6.45, 7) is 6.99. The van der Waals surface area contributed by atoms with E-state index in [1.165, 1.54) is 6.33 Å². The van der Waals surface area contributed by atoms with Crippen LogP contribution in [0.25, 0.3) is 0 Å². The third-order valence-corrected chi connectivity index (χ3v) is 2.31. The smallest absolute Gasteiger partial charge is 0.132 e. The summed E-state index contributed by atoms with van der Waals surface area (Å²) in [4.78, 5) is 12.7. The Bertz CT molecular complexity index is 401. The molecule has 0 radical (unpaired) electrons. The number of hydrogen-bond donors (Lipinski definition) is 1. The summed E-state index contributed by atoms with van der Waals surface area (Å²) < 4.78 is 0. The van der Waals surface area contributed by atoms with Crippen molar-refractivity contribution in [3.8, 4) is 0 Å². The second-order valence-electron chi connectivity index (χ2n) is 4.50. The van der Waals surface area contributed by atoms with Crippen LogP contribution >= 0.6 is 0 Å². The molecule has 4 nitrogen and oxygen atoms in total.